The number of hydrogen-bond acceptors (Lipinski definition) is 3. The first kappa shape index (κ1) is 11.3. The van der Waals surface area contributed by atoms with Crippen molar-refractivity contribution in [1.29, 1.82) is 5.26 Å². The molecular formula is C12H18N2O2. The fraction of sp³-hybridized carbons (Fsp3) is 0.833. The Morgan fingerprint density at radius 1 is 1.31 bits per heavy atom. The highest BCUT2D eigenvalue weighted by Crippen LogP contribution is 2.41. The highest BCUT2D eigenvalue weighted by Gasteiger charge is 2.49. The molecule has 4 nitrogen and oxygen atoms in total. The lowest BCUT2D eigenvalue weighted by Crippen LogP contribution is -2.63. The van der Waals surface area contributed by atoms with Crippen molar-refractivity contribution in [3.8, 4) is 6.07 Å². The van der Waals surface area contributed by atoms with E-state index in [0.717, 1.165) is 19.3 Å². The first-order chi connectivity index (χ1) is 7.40. The van der Waals surface area contributed by atoms with E-state index in [1.165, 1.54) is 0 Å². The Hall–Kier alpha value is -1.24. The highest BCUT2D eigenvalue weighted by atomic mass is 16.6. The average molecular weight is 222 g/mol. The summed E-state index contributed by atoms with van der Waals surface area (Å²) in [5.74, 6) is 0.127. The molecule has 0 spiro atoms. The van der Waals surface area contributed by atoms with Gasteiger partial charge in [-0.1, -0.05) is 0 Å². The summed E-state index contributed by atoms with van der Waals surface area (Å²) in [4.78, 5) is 13.7. The molecule has 3 aliphatic rings. The molecule has 1 amide bonds. The van der Waals surface area contributed by atoms with E-state index in [1.807, 2.05) is 25.7 Å². The van der Waals surface area contributed by atoms with E-state index >= 15 is 0 Å². The largest absolute Gasteiger partial charge is 0.444 e. The van der Waals surface area contributed by atoms with Gasteiger partial charge in [-0.05, 0) is 40.0 Å². The molecule has 16 heavy (non-hydrogen) atoms. The van der Waals surface area contributed by atoms with Gasteiger partial charge in [0.15, 0.2) is 0 Å². The van der Waals surface area contributed by atoms with Gasteiger partial charge in [-0.15, -0.1) is 0 Å². The van der Waals surface area contributed by atoms with E-state index in [-0.39, 0.29) is 24.1 Å². The van der Waals surface area contributed by atoms with Gasteiger partial charge >= 0.3 is 6.09 Å². The van der Waals surface area contributed by atoms with Crippen LogP contribution in [0.25, 0.3) is 0 Å². The number of carbonyl (C=O) groups is 1. The summed E-state index contributed by atoms with van der Waals surface area (Å²) in [5.41, 5.74) is -0.435. The first-order valence-corrected chi connectivity index (χ1v) is 5.81. The van der Waals surface area contributed by atoms with Crippen molar-refractivity contribution in [2.45, 2.75) is 57.7 Å². The van der Waals surface area contributed by atoms with Crippen LogP contribution in [0.2, 0.25) is 0 Å². The Kier molecular flexibility index (Phi) is 2.57. The molecule has 3 fully saturated rings. The molecule has 0 aromatic carbocycles. The van der Waals surface area contributed by atoms with Gasteiger partial charge in [-0.3, -0.25) is 0 Å². The molecule has 1 aliphatic carbocycles. The minimum Gasteiger partial charge on any atom is -0.444 e. The zero-order valence-electron chi connectivity index (χ0n) is 10.1. The summed E-state index contributed by atoms with van der Waals surface area (Å²) in [6.45, 7) is 5.62. The molecule has 2 unspecified atom stereocenters. The quantitative estimate of drug-likeness (QED) is 0.632. The standard InChI is InChI=1S/C12H18N2O2/c1-12(2,3)16-11(15)14-9-4-8(7-13)5-10(14)6-9/h8-10H,4-6H2,1-3H3. The van der Waals surface area contributed by atoms with Crippen molar-refractivity contribution in [1.82, 2.24) is 4.90 Å². The van der Waals surface area contributed by atoms with Crippen LogP contribution in [0.3, 0.4) is 0 Å². The summed E-state index contributed by atoms with van der Waals surface area (Å²) in [5, 5.41) is 8.86. The van der Waals surface area contributed by atoms with E-state index in [1.54, 1.807) is 0 Å². The predicted molar refractivity (Wildman–Crippen MR) is 58.6 cm³/mol. The second-order valence-electron chi connectivity index (χ2n) is 5.73. The third-order valence-electron chi connectivity index (χ3n) is 3.23. The van der Waals surface area contributed by atoms with Gasteiger partial charge in [0.1, 0.15) is 5.60 Å². The zero-order chi connectivity index (χ0) is 11.9. The second kappa shape index (κ2) is 3.65. The summed E-state index contributed by atoms with van der Waals surface area (Å²) >= 11 is 0. The maximum absolute atomic E-state index is 11.9. The topological polar surface area (TPSA) is 53.3 Å². The van der Waals surface area contributed by atoms with Crippen LogP contribution in [0.4, 0.5) is 4.79 Å². The van der Waals surface area contributed by atoms with E-state index in [2.05, 4.69) is 6.07 Å². The Morgan fingerprint density at radius 2 is 1.88 bits per heavy atom. The molecule has 1 saturated carbocycles. The SMILES string of the molecule is CC(C)(C)OC(=O)N1C2CC(C#N)CC1C2. The molecule has 3 rings (SSSR count). The molecule has 4 heteroatoms. The lowest BCUT2D eigenvalue weighted by atomic mass is 9.74. The molecule has 88 valence electrons. The summed E-state index contributed by atoms with van der Waals surface area (Å²) in [6.07, 6.45) is 2.45. The molecule has 0 aromatic heterocycles. The monoisotopic (exact) mass is 222 g/mol. The molecule has 2 heterocycles. The third kappa shape index (κ3) is 1.99. The second-order valence-corrected chi connectivity index (χ2v) is 5.73. The molecule has 0 N–H and O–H groups in total. The Balaban J connectivity index is 1.95. The maximum Gasteiger partial charge on any atom is 0.410 e. The smallest absolute Gasteiger partial charge is 0.410 e. The van der Waals surface area contributed by atoms with Crippen LogP contribution in [-0.4, -0.2) is 28.7 Å². The van der Waals surface area contributed by atoms with Crippen LogP contribution < -0.4 is 0 Å². The number of amides is 1. The number of rotatable bonds is 0. The van der Waals surface area contributed by atoms with Crippen LogP contribution in [0.5, 0.6) is 0 Å². The number of piperidine rings is 1. The van der Waals surface area contributed by atoms with Gasteiger partial charge in [0.25, 0.3) is 0 Å². The minimum absolute atomic E-state index is 0.127. The van der Waals surface area contributed by atoms with Crippen molar-refractivity contribution in [3.63, 3.8) is 0 Å². The number of nitriles is 1. The minimum atomic E-state index is -0.435. The predicted octanol–water partition coefficient (Wildman–Crippen LogP) is 2.30. The number of carbonyl (C=O) groups excluding carboxylic acids is 1. The lowest BCUT2D eigenvalue weighted by Gasteiger charge is -2.53. The van der Waals surface area contributed by atoms with Crippen LogP contribution in [0, 0.1) is 17.2 Å². The van der Waals surface area contributed by atoms with Gasteiger partial charge in [-0.25, -0.2) is 4.79 Å². The third-order valence-corrected chi connectivity index (χ3v) is 3.23. The number of fused-ring (bicyclic) bond motifs is 2. The lowest BCUT2D eigenvalue weighted by molar-refractivity contribution is -0.0591. The fourth-order valence-electron chi connectivity index (χ4n) is 2.59. The van der Waals surface area contributed by atoms with E-state index in [4.69, 9.17) is 10.00 Å². The van der Waals surface area contributed by atoms with Crippen LogP contribution >= 0.6 is 0 Å². The zero-order valence-corrected chi connectivity index (χ0v) is 10.1. The molecule has 2 atom stereocenters. The van der Waals surface area contributed by atoms with Crippen molar-refractivity contribution < 1.29 is 9.53 Å². The van der Waals surface area contributed by atoms with Gasteiger partial charge in [0, 0.05) is 12.1 Å². The fourth-order valence-corrected chi connectivity index (χ4v) is 2.59. The van der Waals surface area contributed by atoms with E-state index < -0.39 is 5.60 Å². The van der Waals surface area contributed by atoms with Crippen molar-refractivity contribution >= 4 is 6.09 Å². The van der Waals surface area contributed by atoms with E-state index in [0.29, 0.717) is 0 Å². The summed E-state index contributed by atoms with van der Waals surface area (Å²) in [7, 11) is 0. The van der Waals surface area contributed by atoms with Crippen LogP contribution in [-0.2, 0) is 4.74 Å². The van der Waals surface area contributed by atoms with Gasteiger partial charge in [0.05, 0.1) is 12.0 Å². The summed E-state index contributed by atoms with van der Waals surface area (Å²) < 4.78 is 5.35. The molecular weight excluding hydrogens is 204 g/mol. The average Bonchev–Trinajstić information content (AvgIpc) is 2.14. The highest BCUT2D eigenvalue weighted by molar-refractivity contribution is 5.70. The molecule has 2 saturated heterocycles. The molecule has 0 aromatic rings. The number of ether oxygens (including phenoxy) is 1. The van der Waals surface area contributed by atoms with Crippen molar-refractivity contribution in [2.24, 2.45) is 5.92 Å². The van der Waals surface area contributed by atoms with Crippen LogP contribution in [0.1, 0.15) is 40.0 Å². The molecule has 2 aliphatic heterocycles. The number of nitrogens with zero attached hydrogens (tertiary/aromatic N) is 2. The van der Waals surface area contributed by atoms with Gasteiger partial charge < -0.3 is 9.64 Å². The normalized spacial score (nSPS) is 32.6. The molecule has 2 bridgehead atoms. The van der Waals surface area contributed by atoms with Gasteiger partial charge in [-0.2, -0.15) is 5.26 Å². The maximum atomic E-state index is 11.9. The Labute approximate surface area is 96.2 Å². The van der Waals surface area contributed by atoms with Crippen molar-refractivity contribution in [3.05, 3.63) is 0 Å². The van der Waals surface area contributed by atoms with Gasteiger partial charge in [0.2, 0.25) is 0 Å². The summed E-state index contributed by atoms with van der Waals surface area (Å²) in [6, 6.07) is 2.76. The Morgan fingerprint density at radius 3 is 2.31 bits per heavy atom. The molecule has 0 radical (unpaired) electrons. The first-order valence-electron chi connectivity index (χ1n) is 5.81. The Bertz CT molecular complexity index is 328. The van der Waals surface area contributed by atoms with Crippen molar-refractivity contribution in [2.75, 3.05) is 0 Å². The van der Waals surface area contributed by atoms with Crippen LogP contribution in [0.15, 0.2) is 0 Å². The number of hydrogen-bond donors (Lipinski definition) is 0. The van der Waals surface area contributed by atoms with E-state index in [9.17, 15) is 4.79 Å².